The molecule has 106 valence electrons. The average molecular weight is 270 g/mol. The normalized spacial score (nSPS) is 17.2. The number of Topliss-reactive ketones (excluding diaryl/α,β-unsaturated/α-hetero) is 1. The van der Waals surface area contributed by atoms with E-state index in [9.17, 15) is 4.79 Å². The maximum absolute atomic E-state index is 12.4. The second-order valence-corrected chi connectivity index (χ2v) is 6.14. The number of fused-ring (bicyclic) bond motifs is 1. The highest BCUT2D eigenvalue weighted by Crippen LogP contribution is 2.28. The third-order valence-corrected chi connectivity index (χ3v) is 4.40. The molecule has 2 nitrogen and oxygen atoms in total. The van der Waals surface area contributed by atoms with E-state index in [4.69, 9.17) is 4.42 Å². The van der Waals surface area contributed by atoms with Gasteiger partial charge in [0.1, 0.15) is 5.58 Å². The highest BCUT2D eigenvalue weighted by Gasteiger charge is 2.19. The average Bonchev–Trinajstić information content (AvgIpc) is 2.68. The molecule has 0 atom stereocenters. The van der Waals surface area contributed by atoms with Gasteiger partial charge < -0.3 is 4.42 Å². The van der Waals surface area contributed by atoms with Crippen molar-refractivity contribution in [1.29, 1.82) is 0 Å². The van der Waals surface area contributed by atoms with Crippen molar-refractivity contribution in [2.45, 2.75) is 51.9 Å². The van der Waals surface area contributed by atoms with Crippen molar-refractivity contribution < 1.29 is 9.21 Å². The van der Waals surface area contributed by atoms with E-state index in [-0.39, 0.29) is 5.78 Å². The van der Waals surface area contributed by atoms with Crippen molar-refractivity contribution in [2.24, 2.45) is 5.92 Å². The lowest BCUT2D eigenvalue weighted by Gasteiger charge is -2.11. The highest BCUT2D eigenvalue weighted by molar-refractivity contribution is 5.97. The maximum atomic E-state index is 12.4. The van der Waals surface area contributed by atoms with Gasteiger partial charge in [0, 0.05) is 11.8 Å². The number of hydrogen-bond acceptors (Lipinski definition) is 2. The second kappa shape index (κ2) is 5.82. The number of carbonyl (C=O) groups excluding carboxylic acids is 1. The Balaban J connectivity index is 1.74. The van der Waals surface area contributed by atoms with Crippen molar-refractivity contribution >= 4 is 16.8 Å². The number of furan rings is 1. The molecule has 1 aliphatic rings. The van der Waals surface area contributed by atoms with Crippen LogP contribution in [0, 0.1) is 12.8 Å². The summed E-state index contributed by atoms with van der Waals surface area (Å²) in [6.45, 7) is 2.06. The third kappa shape index (κ3) is 2.95. The molecular weight excluding hydrogens is 248 g/mol. The number of rotatable bonds is 3. The Morgan fingerprint density at radius 3 is 2.65 bits per heavy atom. The Labute approximate surface area is 120 Å². The van der Waals surface area contributed by atoms with Crippen LogP contribution in [-0.4, -0.2) is 5.78 Å². The van der Waals surface area contributed by atoms with Gasteiger partial charge in [-0.1, -0.05) is 50.2 Å². The van der Waals surface area contributed by atoms with Crippen LogP contribution in [0.15, 0.2) is 28.7 Å². The Hall–Kier alpha value is -1.57. The molecule has 2 aromatic rings. The Bertz CT molecular complexity index is 601. The number of benzene rings is 1. The van der Waals surface area contributed by atoms with Crippen LogP contribution >= 0.6 is 0 Å². The minimum atomic E-state index is 0.172. The lowest BCUT2D eigenvalue weighted by atomic mass is 9.94. The summed E-state index contributed by atoms with van der Waals surface area (Å²) in [5.74, 6) is 1.26. The van der Waals surface area contributed by atoms with Gasteiger partial charge in [0.25, 0.3) is 0 Å². The molecule has 1 aliphatic carbocycles. The zero-order chi connectivity index (χ0) is 13.9. The standard InChI is InChI=1S/C18H22O2/c1-13-8-9-17-15(10-13)12-18(20-17)16(19)11-14-6-4-2-3-5-7-14/h8-10,12,14H,2-7,11H2,1H3. The topological polar surface area (TPSA) is 30.2 Å². The van der Waals surface area contributed by atoms with Crippen molar-refractivity contribution in [3.05, 3.63) is 35.6 Å². The smallest absolute Gasteiger partial charge is 0.198 e. The fourth-order valence-corrected chi connectivity index (χ4v) is 3.23. The van der Waals surface area contributed by atoms with Crippen molar-refractivity contribution in [3.63, 3.8) is 0 Å². The van der Waals surface area contributed by atoms with Crippen molar-refractivity contribution in [2.75, 3.05) is 0 Å². The zero-order valence-corrected chi connectivity index (χ0v) is 12.2. The molecule has 0 bridgehead atoms. The van der Waals surface area contributed by atoms with Gasteiger partial charge in [0.2, 0.25) is 0 Å². The van der Waals surface area contributed by atoms with Gasteiger partial charge in [-0.25, -0.2) is 0 Å². The molecule has 3 rings (SSSR count). The molecule has 1 aromatic heterocycles. The monoisotopic (exact) mass is 270 g/mol. The summed E-state index contributed by atoms with van der Waals surface area (Å²) in [4.78, 5) is 12.4. The van der Waals surface area contributed by atoms with E-state index < -0.39 is 0 Å². The molecule has 0 amide bonds. The minimum absolute atomic E-state index is 0.172. The SMILES string of the molecule is Cc1ccc2oc(C(=O)CC3CCCCCC3)cc2c1. The van der Waals surface area contributed by atoms with E-state index >= 15 is 0 Å². The number of hydrogen-bond donors (Lipinski definition) is 0. The third-order valence-electron chi connectivity index (χ3n) is 4.40. The molecule has 1 aromatic carbocycles. The first-order valence-electron chi connectivity index (χ1n) is 7.76. The molecule has 2 heteroatoms. The largest absolute Gasteiger partial charge is 0.453 e. The van der Waals surface area contributed by atoms with Gasteiger partial charge in [0.15, 0.2) is 11.5 Å². The number of ketones is 1. The van der Waals surface area contributed by atoms with Gasteiger partial charge in [-0.3, -0.25) is 4.79 Å². The first-order valence-corrected chi connectivity index (χ1v) is 7.76. The van der Waals surface area contributed by atoms with E-state index in [1.165, 1.54) is 44.1 Å². The summed E-state index contributed by atoms with van der Waals surface area (Å²) >= 11 is 0. The molecule has 1 fully saturated rings. The molecule has 0 N–H and O–H groups in total. The summed E-state index contributed by atoms with van der Waals surface area (Å²) in [6.07, 6.45) is 8.26. The second-order valence-electron chi connectivity index (χ2n) is 6.14. The van der Waals surface area contributed by atoms with Crippen LogP contribution in [0.1, 0.15) is 61.1 Å². The minimum Gasteiger partial charge on any atom is -0.453 e. The van der Waals surface area contributed by atoms with Crippen molar-refractivity contribution in [1.82, 2.24) is 0 Å². The highest BCUT2D eigenvalue weighted by atomic mass is 16.3. The Morgan fingerprint density at radius 2 is 1.90 bits per heavy atom. The molecule has 0 aliphatic heterocycles. The van der Waals surface area contributed by atoms with Crippen LogP contribution in [0.25, 0.3) is 11.0 Å². The van der Waals surface area contributed by atoms with E-state index in [0.717, 1.165) is 11.0 Å². The lowest BCUT2D eigenvalue weighted by Crippen LogP contribution is -2.07. The first kappa shape index (κ1) is 13.4. The first-order chi connectivity index (χ1) is 9.72. The van der Waals surface area contributed by atoms with Crippen LogP contribution in [-0.2, 0) is 0 Å². The fourth-order valence-electron chi connectivity index (χ4n) is 3.23. The van der Waals surface area contributed by atoms with Crippen molar-refractivity contribution in [3.8, 4) is 0 Å². The predicted octanol–water partition coefficient (Wildman–Crippen LogP) is 5.28. The predicted molar refractivity (Wildman–Crippen MR) is 81.1 cm³/mol. The summed E-state index contributed by atoms with van der Waals surface area (Å²) in [5, 5.41) is 1.04. The quantitative estimate of drug-likeness (QED) is 0.560. The van der Waals surface area contributed by atoms with Crippen LogP contribution in [0.4, 0.5) is 0 Å². The van der Waals surface area contributed by atoms with E-state index in [1.807, 2.05) is 18.2 Å². The maximum Gasteiger partial charge on any atom is 0.198 e. The van der Waals surface area contributed by atoms with Gasteiger partial charge in [-0.15, -0.1) is 0 Å². The van der Waals surface area contributed by atoms with Crippen LogP contribution in [0.3, 0.4) is 0 Å². The molecule has 20 heavy (non-hydrogen) atoms. The number of carbonyl (C=O) groups is 1. The molecule has 1 heterocycles. The van der Waals surface area contributed by atoms with E-state index in [1.54, 1.807) is 0 Å². The summed E-state index contributed by atoms with van der Waals surface area (Å²) in [7, 11) is 0. The zero-order valence-electron chi connectivity index (χ0n) is 12.2. The molecule has 0 spiro atoms. The molecule has 0 radical (unpaired) electrons. The Morgan fingerprint density at radius 1 is 1.15 bits per heavy atom. The molecular formula is C18H22O2. The summed E-state index contributed by atoms with van der Waals surface area (Å²) < 4.78 is 5.71. The Kier molecular flexibility index (Phi) is 3.90. The lowest BCUT2D eigenvalue weighted by molar-refractivity contribution is 0.0932. The fraction of sp³-hybridized carbons (Fsp3) is 0.500. The molecule has 0 saturated heterocycles. The van der Waals surface area contributed by atoms with Crippen LogP contribution in [0.5, 0.6) is 0 Å². The van der Waals surface area contributed by atoms with Gasteiger partial charge in [-0.2, -0.15) is 0 Å². The summed E-state index contributed by atoms with van der Waals surface area (Å²) in [5.41, 5.74) is 2.01. The number of aryl methyl sites for hydroxylation is 1. The summed E-state index contributed by atoms with van der Waals surface area (Å²) in [6, 6.07) is 7.95. The van der Waals surface area contributed by atoms with Crippen LogP contribution in [0.2, 0.25) is 0 Å². The van der Waals surface area contributed by atoms with E-state index in [0.29, 0.717) is 18.1 Å². The molecule has 0 unspecified atom stereocenters. The van der Waals surface area contributed by atoms with Gasteiger partial charge in [-0.05, 0) is 31.0 Å². The van der Waals surface area contributed by atoms with Crippen LogP contribution < -0.4 is 0 Å². The van der Waals surface area contributed by atoms with Gasteiger partial charge in [0.05, 0.1) is 0 Å². The van der Waals surface area contributed by atoms with Gasteiger partial charge >= 0.3 is 0 Å². The molecule has 1 saturated carbocycles. The van der Waals surface area contributed by atoms with E-state index in [2.05, 4.69) is 13.0 Å².